The summed E-state index contributed by atoms with van der Waals surface area (Å²) < 4.78 is 4.87. The van der Waals surface area contributed by atoms with Crippen molar-refractivity contribution < 1.29 is 14.6 Å². The van der Waals surface area contributed by atoms with Crippen molar-refractivity contribution in [2.45, 2.75) is 0 Å². The SMILES string of the molecule is COc1ccc(C(=O)O)cc1N=[N+]=[N-]. The van der Waals surface area contributed by atoms with Gasteiger partial charge in [0.25, 0.3) is 0 Å². The second-order valence-corrected chi connectivity index (χ2v) is 2.38. The smallest absolute Gasteiger partial charge is 0.335 e. The van der Waals surface area contributed by atoms with E-state index in [4.69, 9.17) is 15.4 Å². The highest BCUT2D eigenvalue weighted by Crippen LogP contribution is 2.28. The molecule has 1 rings (SSSR count). The van der Waals surface area contributed by atoms with Crippen LogP contribution in [0.2, 0.25) is 0 Å². The average Bonchev–Trinajstić information content (AvgIpc) is 2.18. The van der Waals surface area contributed by atoms with Crippen LogP contribution in [0.25, 0.3) is 10.4 Å². The highest BCUT2D eigenvalue weighted by atomic mass is 16.5. The number of aromatic carboxylic acids is 1. The minimum atomic E-state index is -1.08. The average molecular weight is 193 g/mol. The van der Waals surface area contributed by atoms with Gasteiger partial charge in [0.05, 0.1) is 18.4 Å². The van der Waals surface area contributed by atoms with Gasteiger partial charge in [-0.3, -0.25) is 0 Å². The van der Waals surface area contributed by atoms with Crippen molar-refractivity contribution in [3.8, 4) is 5.75 Å². The molecule has 72 valence electrons. The van der Waals surface area contributed by atoms with Crippen molar-refractivity contribution in [3.63, 3.8) is 0 Å². The number of rotatable bonds is 3. The maximum atomic E-state index is 10.6. The molecule has 0 spiro atoms. The van der Waals surface area contributed by atoms with Crippen LogP contribution in [0, 0.1) is 0 Å². The van der Waals surface area contributed by atoms with E-state index < -0.39 is 5.97 Å². The van der Waals surface area contributed by atoms with Gasteiger partial charge in [-0.05, 0) is 23.7 Å². The lowest BCUT2D eigenvalue weighted by atomic mass is 10.2. The van der Waals surface area contributed by atoms with Crippen LogP contribution in [0.4, 0.5) is 5.69 Å². The highest BCUT2D eigenvalue weighted by molar-refractivity contribution is 5.89. The van der Waals surface area contributed by atoms with Gasteiger partial charge in [0, 0.05) is 4.91 Å². The van der Waals surface area contributed by atoms with E-state index in [1.807, 2.05) is 0 Å². The van der Waals surface area contributed by atoms with Gasteiger partial charge in [0.1, 0.15) is 5.75 Å². The Morgan fingerprint density at radius 2 is 2.36 bits per heavy atom. The Balaban J connectivity index is 3.27. The maximum absolute atomic E-state index is 10.6. The zero-order valence-electron chi connectivity index (χ0n) is 7.34. The quantitative estimate of drug-likeness (QED) is 0.453. The number of azide groups is 1. The van der Waals surface area contributed by atoms with E-state index in [0.717, 1.165) is 0 Å². The summed E-state index contributed by atoms with van der Waals surface area (Å²) in [6.07, 6.45) is 0. The Kier molecular flexibility index (Phi) is 2.93. The predicted molar refractivity (Wildman–Crippen MR) is 48.8 cm³/mol. The van der Waals surface area contributed by atoms with Gasteiger partial charge < -0.3 is 9.84 Å². The number of carboxylic acid groups (broad SMARTS) is 1. The first-order chi connectivity index (χ1) is 6.69. The molecular formula is C8H7N3O3. The fourth-order valence-electron chi connectivity index (χ4n) is 0.949. The molecule has 0 saturated carbocycles. The molecule has 1 aromatic rings. The topological polar surface area (TPSA) is 95.3 Å². The van der Waals surface area contributed by atoms with Gasteiger partial charge in [0.15, 0.2) is 0 Å². The number of nitrogens with zero attached hydrogens (tertiary/aromatic N) is 3. The minimum Gasteiger partial charge on any atom is -0.496 e. The monoisotopic (exact) mass is 193 g/mol. The summed E-state index contributed by atoms with van der Waals surface area (Å²) in [5, 5.41) is 12.0. The van der Waals surface area contributed by atoms with Crippen LogP contribution in [-0.4, -0.2) is 18.2 Å². The maximum Gasteiger partial charge on any atom is 0.335 e. The molecule has 0 amide bonds. The van der Waals surface area contributed by atoms with Crippen molar-refractivity contribution in [2.24, 2.45) is 5.11 Å². The van der Waals surface area contributed by atoms with E-state index in [9.17, 15) is 4.79 Å². The minimum absolute atomic E-state index is 0.0493. The third-order valence-corrected chi connectivity index (χ3v) is 1.58. The van der Waals surface area contributed by atoms with Crippen molar-refractivity contribution in [1.29, 1.82) is 0 Å². The van der Waals surface area contributed by atoms with Gasteiger partial charge in [0.2, 0.25) is 0 Å². The fourth-order valence-corrected chi connectivity index (χ4v) is 0.949. The summed E-state index contributed by atoms with van der Waals surface area (Å²) in [6.45, 7) is 0. The Morgan fingerprint density at radius 1 is 1.64 bits per heavy atom. The molecule has 0 aromatic heterocycles. The number of hydrogen-bond acceptors (Lipinski definition) is 3. The van der Waals surface area contributed by atoms with Crippen molar-refractivity contribution in [3.05, 3.63) is 34.2 Å². The normalized spacial score (nSPS) is 8.93. The molecule has 1 N–H and O–H groups in total. The number of hydrogen-bond donors (Lipinski definition) is 1. The van der Waals surface area contributed by atoms with Crippen molar-refractivity contribution >= 4 is 11.7 Å². The Labute approximate surface area is 79.4 Å². The third-order valence-electron chi connectivity index (χ3n) is 1.58. The van der Waals surface area contributed by atoms with E-state index >= 15 is 0 Å². The number of carbonyl (C=O) groups is 1. The molecule has 0 aliphatic rings. The Bertz CT molecular complexity index is 410. The number of ether oxygens (including phenoxy) is 1. The van der Waals surface area contributed by atoms with E-state index in [0.29, 0.717) is 5.75 Å². The third kappa shape index (κ3) is 1.94. The molecule has 0 saturated heterocycles. The van der Waals surface area contributed by atoms with E-state index in [1.165, 1.54) is 25.3 Å². The van der Waals surface area contributed by atoms with Crippen LogP contribution < -0.4 is 4.74 Å². The van der Waals surface area contributed by atoms with Crippen LogP contribution >= 0.6 is 0 Å². The first-order valence-electron chi connectivity index (χ1n) is 3.65. The second-order valence-electron chi connectivity index (χ2n) is 2.38. The summed E-state index contributed by atoms with van der Waals surface area (Å²) in [7, 11) is 1.41. The molecular weight excluding hydrogens is 186 g/mol. The molecule has 6 heteroatoms. The first kappa shape index (κ1) is 9.88. The summed E-state index contributed by atoms with van der Waals surface area (Å²) in [5.74, 6) is -0.741. The summed E-state index contributed by atoms with van der Waals surface area (Å²) >= 11 is 0. The molecule has 0 aliphatic heterocycles. The summed E-state index contributed by atoms with van der Waals surface area (Å²) in [5.41, 5.74) is 8.44. The zero-order chi connectivity index (χ0) is 10.6. The Hall–Kier alpha value is -2.20. The van der Waals surface area contributed by atoms with Gasteiger partial charge in [-0.2, -0.15) is 0 Å². The number of benzene rings is 1. The van der Waals surface area contributed by atoms with Gasteiger partial charge >= 0.3 is 5.97 Å². The molecule has 0 unspecified atom stereocenters. The number of carboxylic acids is 1. The van der Waals surface area contributed by atoms with Gasteiger partial charge in [-0.15, -0.1) is 0 Å². The van der Waals surface area contributed by atoms with Crippen LogP contribution in [0.15, 0.2) is 23.3 Å². The Morgan fingerprint density at radius 3 is 2.86 bits per heavy atom. The lowest BCUT2D eigenvalue weighted by Gasteiger charge is -2.03. The second kappa shape index (κ2) is 4.15. The van der Waals surface area contributed by atoms with Crippen molar-refractivity contribution in [2.75, 3.05) is 7.11 Å². The lowest BCUT2D eigenvalue weighted by molar-refractivity contribution is 0.0697. The van der Waals surface area contributed by atoms with E-state index in [1.54, 1.807) is 0 Å². The largest absolute Gasteiger partial charge is 0.496 e. The predicted octanol–water partition coefficient (Wildman–Crippen LogP) is 2.34. The first-order valence-corrected chi connectivity index (χ1v) is 3.65. The van der Waals surface area contributed by atoms with Gasteiger partial charge in [-0.1, -0.05) is 5.11 Å². The summed E-state index contributed by atoms with van der Waals surface area (Å²) in [6, 6.07) is 4.06. The van der Waals surface area contributed by atoms with Crippen LogP contribution in [0.5, 0.6) is 5.75 Å². The van der Waals surface area contributed by atoms with Crippen LogP contribution in [0.1, 0.15) is 10.4 Å². The van der Waals surface area contributed by atoms with Crippen LogP contribution in [0.3, 0.4) is 0 Å². The van der Waals surface area contributed by atoms with Gasteiger partial charge in [-0.25, -0.2) is 4.79 Å². The molecule has 0 fully saturated rings. The highest BCUT2D eigenvalue weighted by Gasteiger charge is 2.06. The molecule has 0 bridgehead atoms. The molecule has 6 nitrogen and oxygen atoms in total. The molecule has 0 atom stereocenters. The molecule has 0 aliphatic carbocycles. The molecule has 1 aromatic carbocycles. The van der Waals surface area contributed by atoms with E-state index in [-0.39, 0.29) is 11.3 Å². The molecule has 14 heavy (non-hydrogen) atoms. The molecule has 0 heterocycles. The van der Waals surface area contributed by atoms with E-state index in [2.05, 4.69) is 10.0 Å². The van der Waals surface area contributed by atoms with Crippen LogP contribution in [-0.2, 0) is 0 Å². The number of methoxy groups -OCH3 is 1. The fraction of sp³-hybridized carbons (Fsp3) is 0.125. The standard InChI is InChI=1S/C8H7N3O3/c1-14-7-3-2-5(8(12)13)4-6(7)10-11-9/h2-4H,1H3,(H,12,13). The lowest BCUT2D eigenvalue weighted by Crippen LogP contribution is -1.95. The molecule has 0 radical (unpaired) electrons. The van der Waals surface area contributed by atoms with Crippen molar-refractivity contribution in [1.82, 2.24) is 0 Å². The zero-order valence-corrected chi connectivity index (χ0v) is 7.34. The summed E-state index contributed by atoms with van der Waals surface area (Å²) in [4.78, 5) is 13.1.